The van der Waals surface area contributed by atoms with E-state index in [-0.39, 0.29) is 0 Å². The highest BCUT2D eigenvalue weighted by Gasteiger charge is 2.25. The predicted molar refractivity (Wildman–Crippen MR) is 110 cm³/mol. The molecule has 0 unspecified atom stereocenters. The summed E-state index contributed by atoms with van der Waals surface area (Å²) >= 11 is 14.1. The van der Waals surface area contributed by atoms with Gasteiger partial charge in [0, 0.05) is 36.7 Å². The van der Waals surface area contributed by atoms with Crippen molar-refractivity contribution in [2.24, 2.45) is 0 Å². The predicted octanol–water partition coefficient (Wildman–Crippen LogP) is 4.81. The molecule has 1 aliphatic heterocycles. The fraction of sp³-hybridized carbons (Fsp3) is 0.368. The number of aromatic nitrogens is 2. The zero-order chi connectivity index (χ0) is 17.7. The topological polar surface area (TPSA) is 32.3 Å². The van der Waals surface area contributed by atoms with Crippen molar-refractivity contribution in [1.29, 1.82) is 0 Å². The maximum atomic E-state index is 6.18. The summed E-state index contributed by atoms with van der Waals surface area (Å²) in [6, 6.07) is 5.86. The Morgan fingerprint density at radius 1 is 0.923 bits per heavy atom. The molecule has 1 aromatic carbocycles. The Morgan fingerprint density at radius 3 is 2.54 bits per heavy atom. The van der Waals surface area contributed by atoms with Gasteiger partial charge in [-0.2, -0.15) is 0 Å². The van der Waals surface area contributed by atoms with E-state index in [0.717, 1.165) is 42.5 Å². The number of hydrogen-bond acceptors (Lipinski definition) is 5. The van der Waals surface area contributed by atoms with Crippen molar-refractivity contribution >= 4 is 56.3 Å². The molecule has 134 valence electrons. The minimum atomic E-state index is 0.601. The van der Waals surface area contributed by atoms with Gasteiger partial charge < -0.3 is 9.80 Å². The van der Waals surface area contributed by atoms with Gasteiger partial charge in [-0.15, -0.1) is 11.3 Å². The van der Waals surface area contributed by atoms with Crippen LogP contribution < -0.4 is 9.80 Å². The van der Waals surface area contributed by atoms with Gasteiger partial charge in [-0.05, 0) is 43.0 Å². The lowest BCUT2D eigenvalue weighted by Gasteiger charge is -2.37. The SMILES string of the molecule is Clc1ccc(N2CCN(c3ncnc4sc5c(c34)CCC5)CC2)cc1Cl. The molecule has 2 aliphatic rings. The van der Waals surface area contributed by atoms with Gasteiger partial charge in [0.1, 0.15) is 17.0 Å². The molecule has 0 bridgehead atoms. The number of nitrogens with zero attached hydrogens (tertiary/aromatic N) is 4. The van der Waals surface area contributed by atoms with Gasteiger partial charge in [0.05, 0.1) is 15.4 Å². The molecule has 0 N–H and O–H groups in total. The summed E-state index contributed by atoms with van der Waals surface area (Å²) in [4.78, 5) is 16.6. The quantitative estimate of drug-likeness (QED) is 0.612. The van der Waals surface area contributed by atoms with Gasteiger partial charge in [0.25, 0.3) is 0 Å². The summed E-state index contributed by atoms with van der Waals surface area (Å²) in [5.41, 5.74) is 2.62. The van der Waals surface area contributed by atoms with Crippen molar-refractivity contribution in [2.45, 2.75) is 19.3 Å². The van der Waals surface area contributed by atoms with E-state index in [1.165, 1.54) is 35.1 Å². The van der Waals surface area contributed by atoms with Crippen molar-refractivity contribution in [3.8, 4) is 0 Å². The maximum absolute atomic E-state index is 6.18. The zero-order valence-corrected chi connectivity index (χ0v) is 16.5. The average Bonchev–Trinajstić information content (AvgIpc) is 3.25. The third-order valence-corrected chi connectivity index (χ3v) is 7.27. The van der Waals surface area contributed by atoms with Crippen molar-refractivity contribution < 1.29 is 0 Å². The standard InChI is InChI=1S/C19H18Cl2N4S/c20-14-5-4-12(10-15(14)21)24-6-8-25(9-7-24)18-17-13-2-1-3-16(13)26-19(17)23-11-22-18/h4-5,10-11H,1-3,6-9H2. The van der Waals surface area contributed by atoms with Crippen LogP contribution in [0.25, 0.3) is 10.2 Å². The highest BCUT2D eigenvalue weighted by Crippen LogP contribution is 2.40. The zero-order valence-electron chi connectivity index (χ0n) is 14.2. The summed E-state index contributed by atoms with van der Waals surface area (Å²) in [5, 5.41) is 2.51. The Balaban J connectivity index is 1.40. The Morgan fingerprint density at radius 2 is 1.73 bits per heavy atom. The lowest BCUT2D eigenvalue weighted by molar-refractivity contribution is 0.649. The Labute approximate surface area is 166 Å². The number of hydrogen-bond donors (Lipinski definition) is 0. The van der Waals surface area contributed by atoms with Gasteiger partial charge in [-0.1, -0.05) is 23.2 Å². The molecular weight excluding hydrogens is 387 g/mol. The van der Waals surface area contributed by atoms with E-state index in [9.17, 15) is 0 Å². The molecule has 2 aromatic heterocycles. The molecule has 0 saturated carbocycles. The number of aryl methyl sites for hydroxylation is 2. The molecular formula is C19H18Cl2N4S. The third kappa shape index (κ3) is 2.73. The van der Waals surface area contributed by atoms with E-state index >= 15 is 0 Å². The summed E-state index contributed by atoms with van der Waals surface area (Å²) < 4.78 is 0. The van der Waals surface area contributed by atoms with E-state index in [2.05, 4.69) is 19.8 Å². The van der Waals surface area contributed by atoms with Gasteiger partial charge in [0.15, 0.2) is 0 Å². The Bertz CT molecular complexity index is 979. The molecule has 0 spiro atoms. The van der Waals surface area contributed by atoms with Gasteiger partial charge >= 0.3 is 0 Å². The minimum Gasteiger partial charge on any atom is -0.368 e. The lowest BCUT2D eigenvalue weighted by atomic mass is 10.1. The van der Waals surface area contributed by atoms with E-state index in [1.807, 2.05) is 29.5 Å². The first-order valence-corrected chi connectivity index (χ1v) is 10.5. The van der Waals surface area contributed by atoms with Gasteiger partial charge in [-0.25, -0.2) is 9.97 Å². The normalized spacial score (nSPS) is 17.2. The van der Waals surface area contributed by atoms with Gasteiger partial charge in [-0.3, -0.25) is 0 Å². The Kier molecular flexibility index (Phi) is 4.18. The molecule has 5 rings (SSSR count). The van der Waals surface area contributed by atoms with Crippen molar-refractivity contribution in [1.82, 2.24) is 9.97 Å². The van der Waals surface area contributed by atoms with Crippen LogP contribution in [0.1, 0.15) is 16.9 Å². The molecule has 1 fully saturated rings. The van der Waals surface area contributed by atoms with Crippen molar-refractivity contribution in [2.75, 3.05) is 36.0 Å². The summed E-state index contributed by atoms with van der Waals surface area (Å²) in [5.74, 6) is 1.11. The van der Waals surface area contributed by atoms with E-state index < -0.39 is 0 Å². The molecule has 0 amide bonds. The van der Waals surface area contributed by atoms with Crippen LogP contribution in [0.2, 0.25) is 10.0 Å². The lowest BCUT2D eigenvalue weighted by Crippen LogP contribution is -2.47. The van der Waals surface area contributed by atoms with Crippen LogP contribution in [0, 0.1) is 0 Å². The highest BCUT2D eigenvalue weighted by molar-refractivity contribution is 7.19. The number of thiophene rings is 1. The van der Waals surface area contributed by atoms with Gasteiger partial charge in [0.2, 0.25) is 0 Å². The molecule has 7 heteroatoms. The number of benzene rings is 1. The van der Waals surface area contributed by atoms with Crippen LogP contribution in [-0.2, 0) is 12.8 Å². The first-order valence-electron chi connectivity index (χ1n) is 8.91. The third-order valence-electron chi connectivity index (χ3n) is 5.33. The fourth-order valence-corrected chi connectivity index (χ4v) is 5.53. The van der Waals surface area contributed by atoms with Crippen LogP contribution in [-0.4, -0.2) is 36.1 Å². The number of fused-ring (bicyclic) bond motifs is 3. The van der Waals surface area contributed by atoms with Crippen LogP contribution in [0.15, 0.2) is 24.5 Å². The second-order valence-electron chi connectivity index (χ2n) is 6.81. The second-order valence-corrected chi connectivity index (χ2v) is 8.71. The van der Waals surface area contributed by atoms with Crippen molar-refractivity contribution in [3.63, 3.8) is 0 Å². The summed E-state index contributed by atoms with van der Waals surface area (Å²) in [6.07, 6.45) is 5.34. The van der Waals surface area contributed by atoms with Crippen LogP contribution in [0.4, 0.5) is 11.5 Å². The van der Waals surface area contributed by atoms with Crippen LogP contribution in [0.5, 0.6) is 0 Å². The largest absolute Gasteiger partial charge is 0.368 e. The number of anilines is 2. The van der Waals surface area contributed by atoms with E-state index in [0.29, 0.717) is 10.0 Å². The number of rotatable bonds is 2. The monoisotopic (exact) mass is 404 g/mol. The first kappa shape index (κ1) is 16.6. The second kappa shape index (κ2) is 6.55. The highest BCUT2D eigenvalue weighted by atomic mass is 35.5. The molecule has 0 atom stereocenters. The maximum Gasteiger partial charge on any atom is 0.141 e. The molecule has 26 heavy (non-hydrogen) atoms. The molecule has 3 aromatic rings. The van der Waals surface area contributed by atoms with E-state index in [1.54, 1.807) is 6.33 Å². The first-order chi connectivity index (χ1) is 12.7. The molecule has 1 saturated heterocycles. The number of piperazine rings is 1. The molecule has 1 aliphatic carbocycles. The fourth-order valence-electron chi connectivity index (χ4n) is 4.01. The smallest absolute Gasteiger partial charge is 0.141 e. The summed E-state index contributed by atoms with van der Waals surface area (Å²) in [6.45, 7) is 3.76. The molecule has 3 heterocycles. The number of halogens is 2. The Hall–Kier alpha value is -1.56. The van der Waals surface area contributed by atoms with Crippen LogP contribution in [0.3, 0.4) is 0 Å². The molecule has 0 radical (unpaired) electrons. The summed E-state index contributed by atoms with van der Waals surface area (Å²) in [7, 11) is 0. The van der Waals surface area contributed by atoms with Crippen LogP contribution >= 0.6 is 34.5 Å². The molecule has 4 nitrogen and oxygen atoms in total. The minimum absolute atomic E-state index is 0.601. The van der Waals surface area contributed by atoms with Crippen molar-refractivity contribution in [3.05, 3.63) is 45.0 Å². The average molecular weight is 405 g/mol. The van der Waals surface area contributed by atoms with E-state index in [4.69, 9.17) is 23.2 Å².